The average molecular weight is 338 g/mol. The van der Waals surface area contributed by atoms with Crippen LogP contribution in [0.2, 0.25) is 0 Å². The third-order valence-corrected chi connectivity index (χ3v) is 5.06. The molecule has 108 valence electrons. The van der Waals surface area contributed by atoms with Crippen LogP contribution in [0.25, 0.3) is 0 Å². The summed E-state index contributed by atoms with van der Waals surface area (Å²) in [5, 5.41) is 9.46. The number of carbonyl (C=O) groups is 1. The first-order valence-corrected chi connectivity index (χ1v) is 8.17. The molecule has 20 heavy (non-hydrogen) atoms. The number of piperidine rings is 1. The van der Waals surface area contributed by atoms with Crippen LogP contribution in [0.3, 0.4) is 0 Å². The molecule has 2 aliphatic rings. The standard InChI is InChI=1S/C16H20BrNO2/c17-14-5-4-11-7-13(8-12(11)9-14)16(20)18-6-2-1-3-15(18)10-19/h4-5,9,13,15,19H,1-3,6-8,10H2. The molecule has 1 amide bonds. The van der Waals surface area contributed by atoms with Crippen LogP contribution < -0.4 is 0 Å². The molecule has 0 radical (unpaired) electrons. The fourth-order valence-corrected chi connectivity index (χ4v) is 3.88. The fraction of sp³-hybridized carbons (Fsp3) is 0.562. The second-order valence-electron chi connectivity index (χ2n) is 5.88. The molecule has 0 spiro atoms. The molecule has 2 unspecified atom stereocenters. The summed E-state index contributed by atoms with van der Waals surface area (Å²) in [6.45, 7) is 0.900. The molecule has 1 saturated heterocycles. The Morgan fingerprint density at radius 1 is 1.30 bits per heavy atom. The number of hydrogen-bond donors (Lipinski definition) is 1. The lowest BCUT2D eigenvalue weighted by Gasteiger charge is -2.36. The summed E-state index contributed by atoms with van der Waals surface area (Å²) in [4.78, 5) is 14.7. The molecule has 1 aliphatic heterocycles. The lowest BCUT2D eigenvalue weighted by atomic mass is 9.98. The Labute approximate surface area is 128 Å². The number of halogens is 1. The number of aliphatic hydroxyl groups is 1. The number of rotatable bonds is 2. The minimum atomic E-state index is 0.0340. The minimum absolute atomic E-state index is 0.0340. The molecule has 1 N–H and O–H groups in total. The van der Waals surface area contributed by atoms with Crippen LogP contribution in [0.1, 0.15) is 30.4 Å². The summed E-state index contributed by atoms with van der Waals surface area (Å²) in [6, 6.07) is 6.32. The van der Waals surface area contributed by atoms with Crippen LogP contribution in [0.15, 0.2) is 22.7 Å². The summed E-state index contributed by atoms with van der Waals surface area (Å²) >= 11 is 3.49. The van der Waals surface area contributed by atoms with Crippen LogP contribution in [-0.4, -0.2) is 35.1 Å². The lowest BCUT2D eigenvalue weighted by Crippen LogP contribution is -2.48. The molecule has 2 atom stereocenters. The number of carbonyl (C=O) groups excluding carboxylic acids is 1. The van der Waals surface area contributed by atoms with E-state index >= 15 is 0 Å². The zero-order chi connectivity index (χ0) is 14.1. The van der Waals surface area contributed by atoms with Crippen molar-refractivity contribution >= 4 is 21.8 Å². The number of nitrogens with zero attached hydrogens (tertiary/aromatic N) is 1. The highest BCUT2D eigenvalue weighted by molar-refractivity contribution is 9.10. The van der Waals surface area contributed by atoms with Gasteiger partial charge in [0.1, 0.15) is 0 Å². The molecule has 4 heteroatoms. The van der Waals surface area contributed by atoms with Crippen LogP contribution >= 0.6 is 15.9 Å². The maximum absolute atomic E-state index is 12.7. The van der Waals surface area contributed by atoms with Gasteiger partial charge >= 0.3 is 0 Å². The van der Waals surface area contributed by atoms with Crippen molar-refractivity contribution in [3.05, 3.63) is 33.8 Å². The van der Waals surface area contributed by atoms with Crippen LogP contribution in [0, 0.1) is 5.92 Å². The van der Waals surface area contributed by atoms with Crippen molar-refractivity contribution in [2.45, 2.75) is 38.1 Å². The van der Waals surface area contributed by atoms with E-state index in [9.17, 15) is 9.90 Å². The highest BCUT2D eigenvalue weighted by Crippen LogP contribution is 2.31. The van der Waals surface area contributed by atoms with Gasteiger partial charge in [-0.1, -0.05) is 22.0 Å². The normalized spacial score (nSPS) is 25.6. The van der Waals surface area contributed by atoms with E-state index in [0.29, 0.717) is 0 Å². The van der Waals surface area contributed by atoms with E-state index in [1.165, 1.54) is 11.1 Å². The molecule has 1 aromatic carbocycles. The first-order valence-electron chi connectivity index (χ1n) is 7.37. The molecule has 1 aliphatic carbocycles. The van der Waals surface area contributed by atoms with Crippen molar-refractivity contribution < 1.29 is 9.90 Å². The Morgan fingerprint density at radius 2 is 2.10 bits per heavy atom. The first-order chi connectivity index (χ1) is 9.69. The SMILES string of the molecule is O=C(C1Cc2ccc(Br)cc2C1)N1CCCCC1CO. The quantitative estimate of drug-likeness (QED) is 0.900. The Bertz CT molecular complexity index is 517. The number of aliphatic hydroxyl groups excluding tert-OH is 1. The van der Waals surface area contributed by atoms with Gasteiger partial charge in [-0.05, 0) is 55.4 Å². The van der Waals surface area contributed by atoms with Crippen LogP contribution in [0.5, 0.6) is 0 Å². The van der Waals surface area contributed by atoms with E-state index in [0.717, 1.165) is 43.1 Å². The lowest BCUT2D eigenvalue weighted by molar-refractivity contribution is -0.140. The van der Waals surface area contributed by atoms with Gasteiger partial charge in [0.05, 0.1) is 12.6 Å². The summed E-state index contributed by atoms with van der Waals surface area (Å²) in [5.41, 5.74) is 2.58. The van der Waals surface area contributed by atoms with Crippen LogP contribution in [0.4, 0.5) is 0 Å². The van der Waals surface area contributed by atoms with Gasteiger partial charge in [-0.3, -0.25) is 4.79 Å². The van der Waals surface area contributed by atoms with E-state index in [4.69, 9.17) is 0 Å². The van der Waals surface area contributed by atoms with E-state index in [-0.39, 0.29) is 24.5 Å². The number of likely N-dealkylation sites (tertiary alicyclic amines) is 1. The smallest absolute Gasteiger partial charge is 0.226 e. The summed E-state index contributed by atoms with van der Waals surface area (Å²) in [7, 11) is 0. The van der Waals surface area contributed by atoms with Crippen molar-refractivity contribution in [3.63, 3.8) is 0 Å². The average Bonchev–Trinajstić information content (AvgIpc) is 2.89. The summed E-state index contributed by atoms with van der Waals surface area (Å²) in [5.74, 6) is 0.294. The first kappa shape index (κ1) is 14.1. The molecular formula is C16H20BrNO2. The third-order valence-electron chi connectivity index (χ3n) is 4.57. The Kier molecular flexibility index (Phi) is 4.13. The zero-order valence-corrected chi connectivity index (χ0v) is 13.1. The van der Waals surface area contributed by atoms with Gasteiger partial charge in [-0.15, -0.1) is 0 Å². The highest BCUT2D eigenvalue weighted by atomic mass is 79.9. The molecular weight excluding hydrogens is 318 g/mol. The molecule has 1 fully saturated rings. The van der Waals surface area contributed by atoms with E-state index in [2.05, 4.69) is 28.1 Å². The van der Waals surface area contributed by atoms with Gasteiger partial charge < -0.3 is 10.0 Å². The number of hydrogen-bond acceptors (Lipinski definition) is 2. The Balaban J connectivity index is 1.73. The van der Waals surface area contributed by atoms with Crippen molar-refractivity contribution in [1.29, 1.82) is 0 Å². The molecule has 3 rings (SSSR count). The molecule has 1 aromatic rings. The van der Waals surface area contributed by atoms with Crippen LogP contribution in [-0.2, 0) is 17.6 Å². The molecule has 1 heterocycles. The van der Waals surface area contributed by atoms with Gasteiger partial charge in [-0.25, -0.2) is 0 Å². The zero-order valence-electron chi connectivity index (χ0n) is 11.5. The number of benzene rings is 1. The van der Waals surface area contributed by atoms with E-state index < -0.39 is 0 Å². The Hall–Kier alpha value is -0.870. The Morgan fingerprint density at radius 3 is 2.90 bits per heavy atom. The maximum Gasteiger partial charge on any atom is 0.226 e. The molecule has 0 aromatic heterocycles. The third kappa shape index (κ3) is 2.63. The fourth-order valence-electron chi connectivity index (χ4n) is 3.48. The van der Waals surface area contributed by atoms with E-state index in [1.807, 2.05) is 11.0 Å². The second-order valence-corrected chi connectivity index (χ2v) is 6.80. The van der Waals surface area contributed by atoms with Crippen molar-refractivity contribution in [1.82, 2.24) is 4.90 Å². The summed E-state index contributed by atoms with van der Waals surface area (Å²) in [6.07, 6.45) is 4.80. The van der Waals surface area contributed by atoms with E-state index in [1.54, 1.807) is 0 Å². The maximum atomic E-state index is 12.7. The van der Waals surface area contributed by atoms with Gasteiger partial charge in [0.2, 0.25) is 5.91 Å². The topological polar surface area (TPSA) is 40.5 Å². The molecule has 0 saturated carbocycles. The van der Waals surface area contributed by atoms with Gasteiger partial charge in [0.25, 0.3) is 0 Å². The number of fused-ring (bicyclic) bond motifs is 1. The molecule has 0 bridgehead atoms. The highest BCUT2D eigenvalue weighted by Gasteiger charge is 2.34. The predicted molar refractivity (Wildman–Crippen MR) is 81.5 cm³/mol. The monoisotopic (exact) mass is 337 g/mol. The minimum Gasteiger partial charge on any atom is -0.394 e. The van der Waals surface area contributed by atoms with Crippen molar-refractivity contribution in [3.8, 4) is 0 Å². The molecule has 3 nitrogen and oxygen atoms in total. The van der Waals surface area contributed by atoms with Gasteiger partial charge in [0.15, 0.2) is 0 Å². The predicted octanol–water partition coefficient (Wildman–Crippen LogP) is 2.54. The summed E-state index contributed by atoms with van der Waals surface area (Å²) < 4.78 is 1.08. The van der Waals surface area contributed by atoms with Gasteiger partial charge in [0, 0.05) is 16.9 Å². The number of amides is 1. The van der Waals surface area contributed by atoms with Crippen molar-refractivity contribution in [2.24, 2.45) is 5.92 Å². The second kappa shape index (κ2) is 5.86. The van der Waals surface area contributed by atoms with Gasteiger partial charge in [-0.2, -0.15) is 0 Å². The van der Waals surface area contributed by atoms with Crippen molar-refractivity contribution in [2.75, 3.05) is 13.2 Å². The largest absolute Gasteiger partial charge is 0.394 e.